The first kappa shape index (κ1) is 10.2. The molecule has 5 heteroatoms. The maximum absolute atomic E-state index is 10.9. The summed E-state index contributed by atoms with van der Waals surface area (Å²) in [6, 6.07) is 2.90. The van der Waals surface area contributed by atoms with Crippen molar-refractivity contribution >= 4 is 17.7 Å². The molecular formula is C9H10N2O3. The zero-order chi connectivity index (χ0) is 10.7. The molecule has 1 rings (SSSR count). The van der Waals surface area contributed by atoms with Gasteiger partial charge in [0.2, 0.25) is 5.91 Å². The summed E-state index contributed by atoms with van der Waals surface area (Å²) in [5.74, 6) is -0.752. The summed E-state index contributed by atoms with van der Waals surface area (Å²) in [4.78, 5) is 26.6. The quantitative estimate of drug-likeness (QED) is 0.754. The second-order valence-corrected chi connectivity index (χ2v) is 2.79. The van der Waals surface area contributed by atoms with Gasteiger partial charge in [0.05, 0.1) is 5.56 Å². The fourth-order valence-corrected chi connectivity index (χ4v) is 0.872. The van der Waals surface area contributed by atoms with Crippen LogP contribution in [0.15, 0.2) is 18.3 Å². The fraction of sp³-hybridized carbons (Fsp3) is 0.222. The summed E-state index contributed by atoms with van der Waals surface area (Å²) in [6.45, 7) is 1.41. The molecule has 1 aromatic heterocycles. The molecule has 5 nitrogen and oxygen atoms in total. The summed E-state index contributed by atoms with van der Waals surface area (Å²) < 4.78 is 0. The van der Waals surface area contributed by atoms with E-state index in [9.17, 15) is 9.59 Å². The van der Waals surface area contributed by atoms with Gasteiger partial charge in [0.15, 0.2) is 0 Å². The summed E-state index contributed by atoms with van der Waals surface area (Å²) >= 11 is 0. The van der Waals surface area contributed by atoms with Crippen LogP contribution in [-0.2, 0) is 4.79 Å². The zero-order valence-electron chi connectivity index (χ0n) is 7.89. The number of carbonyl (C=O) groups excluding carboxylic acids is 1. The van der Waals surface area contributed by atoms with Crippen LogP contribution in [0, 0.1) is 0 Å². The molecule has 0 spiro atoms. The Morgan fingerprint density at radius 3 is 2.43 bits per heavy atom. The molecule has 1 aromatic rings. The second-order valence-electron chi connectivity index (χ2n) is 2.79. The number of carbonyl (C=O) groups is 2. The second kappa shape index (κ2) is 3.87. The third kappa shape index (κ3) is 2.07. The number of nitrogens with zero attached hydrogens (tertiary/aromatic N) is 2. The third-order valence-electron chi connectivity index (χ3n) is 1.81. The molecule has 0 aliphatic heterocycles. The van der Waals surface area contributed by atoms with E-state index in [2.05, 4.69) is 4.98 Å². The van der Waals surface area contributed by atoms with Crippen molar-refractivity contribution in [2.45, 2.75) is 6.92 Å². The Balaban J connectivity index is 2.94. The van der Waals surface area contributed by atoms with Crippen molar-refractivity contribution in [3.05, 3.63) is 23.9 Å². The van der Waals surface area contributed by atoms with Crippen LogP contribution in [-0.4, -0.2) is 29.0 Å². The topological polar surface area (TPSA) is 70.5 Å². The summed E-state index contributed by atoms with van der Waals surface area (Å²) in [7, 11) is 1.57. The average molecular weight is 194 g/mol. The first-order valence-electron chi connectivity index (χ1n) is 3.96. The first-order chi connectivity index (χ1) is 6.52. The van der Waals surface area contributed by atoms with Crippen LogP contribution in [0.3, 0.4) is 0 Å². The van der Waals surface area contributed by atoms with E-state index in [-0.39, 0.29) is 11.5 Å². The normalized spacial score (nSPS) is 9.57. The van der Waals surface area contributed by atoms with E-state index in [1.807, 2.05) is 0 Å². The van der Waals surface area contributed by atoms with Gasteiger partial charge in [0, 0.05) is 20.2 Å². The Kier molecular flexibility index (Phi) is 2.81. The number of carboxylic acid groups (broad SMARTS) is 1. The van der Waals surface area contributed by atoms with Gasteiger partial charge in [-0.25, -0.2) is 9.78 Å². The van der Waals surface area contributed by atoms with Crippen molar-refractivity contribution in [1.29, 1.82) is 0 Å². The van der Waals surface area contributed by atoms with Gasteiger partial charge in [-0.05, 0) is 12.1 Å². The number of pyridine rings is 1. The van der Waals surface area contributed by atoms with E-state index in [4.69, 9.17) is 5.11 Å². The monoisotopic (exact) mass is 194 g/mol. The Morgan fingerprint density at radius 1 is 1.43 bits per heavy atom. The van der Waals surface area contributed by atoms with Crippen LogP contribution in [0.25, 0.3) is 0 Å². The lowest BCUT2D eigenvalue weighted by Gasteiger charge is -2.12. The Labute approximate surface area is 81.0 Å². The molecule has 0 aromatic carbocycles. The van der Waals surface area contributed by atoms with Crippen molar-refractivity contribution in [3.63, 3.8) is 0 Å². The average Bonchev–Trinajstić information content (AvgIpc) is 2.16. The number of aromatic nitrogens is 1. The standard InChI is InChI=1S/C9H10N2O3/c1-6(12)11(2)8-4-3-7(5-10-8)9(13)14/h3-5H,1-2H3,(H,13,14). The van der Waals surface area contributed by atoms with Gasteiger partial charge in [-0.15, -0.1) is 0 Å². The molecule has 1 amide bonds. The zero-order valence-corrected chi connectivity index (χ0v) is 7.89. The predicted molar refractivity (Wildman–Crippen MR) is 50.3 cm³/mol. The maximum atomic E-state index is 10.9. The SMILES string of the molecule is CC(=O)N(C)c1ccc(C(=O)O)cn1. The fourth-order valence-electron chi connectivity index (χ4n) is 0.872. The van der Waals surface area contributed by atoms with Gasteiger partial charge in [-0.2, -0.15) is 0 Å². The van der Waals surface area contributed by atoms with Crippen molar-refractivity contribution in [2.75, 3.05) is 11.9 Å². The number of hydrogen-bond donors (Lipinski definition) is 1. The Morgan fingerprint density at radius 2 is 2.07 bits per heavy atom. The minimum atomic E-state index is -1.03. The Bertz CT molecular complexity index is 359. The van der Waals surface area contributed by atoms with Crippen LogP contribution in [0.4, 0.5) is 5.82 Å². The first-order valence-corrected chi connectivity index (χ1v) is 3.96. The molecule has 0 aliphatic carbocycles. The molecule has 1 heterocycles. The summed E-state index contributed by atoms with van der Waals surface area (Å²) in [6.07, 6.45) is 1.22. The van der Waals surface area contributed by atoms with Gasteiger partial charge in [-0.3, -0.25) is 4.79 Å². The minimum absolute atomic E-state index is 0.103. The number of anilines is 1. The largest absolute Gasteiger partial charge is 0.478 e. The summed E-state index contributed by atoms with van der Waals surface area (Å²) in [5, 5.41) is 8.60. The number of hydrogen-bond acceptors (Lipinski definition) is 3. The molecule has 0 unspecified atom stereocenters. The van der Waals surface area contributed by atoms with Crippen molar-refractivity contribution in [1.82, 2.24) is 4.98 Å². The van der Waals surface area contributed by atoms with Gasteiger partial charge in [0.1, 0.15) is 5.82 Å². The molecule has 0 radical (unpaired) electrons. The van der Waals surface area contributed by atoms with Gasteiger partial charge >= 0.3 is 5.97 Å². The van der Waals surface area contributed by atoms with E-state index in [0.29, 0.717) is 5.82 Å². The Hall–Kier alpha value is -1.91. The lowest BCUT2D eigenvalue weighted by atomic mass is 10.3. The van der Waals surface area contributed by atoms with Crippen LogP contribution in [0.5, 0.6) is 0 Å². The molecular weight excluding hydrogens is 184 g/mol. The highest BCUT2D eigenvalue weighted by Crippen LogP contribution is 2.09. The van der Waals surface area contributed by atoms with E-state index < -0.39 is 5.97 Å². The molecule has 0 aliphatic rings. The molecule has 0 saturated heterocycles. The lowest BCUT2D eigenvalue weighted by Crippen LogP contribution is -2.23. The van der Waals surface area contributed by atoms with E-state index >= 15 is 0 Å². The van der Waals surface area contributed by atoms with Gasteiger partial charge in [0.25, 0.3) is 0 Å². The van der Waals surface area contributed by atoms with Crippen molar-refractivity contribution in [3.8, 4) is 0 Å². The molecule has 74 valence electrons. The molecule has 0 fully saturated rings. The van der Waals surface area contributed by atoms with Gasteiger partial charge < -0.3 is 10.0 Å². The van der Waals surface area contributed by atoms with Crippen molar-refractivity contribution < 1.29 is 14.7 Å². The lowest BCUT2D eigenvalue weighted by molar-refractivity contribution is -0.116. The number of aromatic carboxylic acids is 1. The molecule has 0 atom stereocenters. The molecule has 14 heavy (non-hydrogen) atoms. The highest BCUT2D eigenvalue weighted by Gasteiger charge is 2.08. The molecule has 1 N–H and O–H groups in total. The van der Waals surface area contributed by atoms with E-state index in [1.165, 1.54) is 30.2 Å². The van der Waals surface area contributed by atoms with Crippen LogP contribution < -0.4 is 4.90 Å². The van der Waals surface area contributed by atoms with E-state index in [0.717, 1.165) is 0 Å². The van der Waals surface area contributed by atoms with Crippen LogP contribution in [0.1, 0.15) is 17.3 Å². The van der Waals surface area contributed by atoms with E-state index in [1.54, 1.807) is 7.05 Å². The number of carboxylic acids is 1. The minimum Gasteiger partial charge on any atom is -0.478 e. The third-order valence-corrected chi connectivity index (χ3v) is 1.81. The van der Waals surface area contributed by atoms with Crippen molar-refractivity contribution in [2.24, 2.45) is 0 Å². The predicted octanol–water partition coefficient (Wildman–Crippen LogP) is 0.763. The molecule has 0 bridgehead atoms. The van der Waals surface area contributed by atoms with Gasteiger partial charge in [-0.1, -0.05) is 0 Å². The van der Waals surface area contributed by atoms with Crippen LogP contribution >= 0.6 is 0 Å². The highest BCUT2D eigenvalue weighted by molar-refractivity contribution is 5.91. The summed E-state index contributed by atoms with van der Waals surface area (Å²) in [5.41, 5.74) is 0.103. The smallest absolute Gasteiger partial charge is 0.337 e. The number of rotatable bonds is 2. The van der Waals surface area contributed by atoms with Crippen LogP contribution in [0.2, 0.25) is 0 Å². The molecule has 0 saturated carbocycles. The maximum Gasteiger partial charge on any atom is 0.337 e. The highest BCUT2D eigenvalue weighted by atomic mass is 16.4. The number of amides is 1.